The van der Waals surface area contributed by atoms with E-state index < -0.39 is 0 Å². The first kappa shape index (κ1) is 14.0. The lowest BCUT2D eigenvalue weighted by molar-refractivity contribution is 0.159. The second-order valence-electron chi connectivity index (χ2n) is 4.58. The predicted octanol–water partition coefficient (Wildman–Crippen LogP) is 2.90. The molecule has 0 aliphatic rings. The molecular weight excluding hydrogens is 264 g/mol. The van der Waals surface area contributed by atoms with Crippen molar-refractivity contribution in [2.75, 3.05) is 13.7 Å². The minimum Gasteiger partial charge on any atom is -0.383 e. The first-order valence-electron chi connectivity index (χ1n) is 6.20. The van der Waals surface area contributed by atoms with E-state index in [1.807, 2.05) is 32.0 Å². The summed E-state index contributed by atoms with van der Waals surface area (Å²) in [5.41, 5.74) is 0.605. The van der Waals surface area contributed by atoms with Crippen molar-refractivity contribution in [3.05, 3.63) is 40.4 Å². The van der Waals surface area contributed by atoms with E-state index in [9.17, 15) is 4.79 Å². The Balaban J connectivity index is 2.75. The predicted molar refractivity (Wildman–Crippen MR) is 76.9 cm³/mol. The zero-order valence-corrected chi connectivity index (χ0v) is 12.0. The topological polar surface area (TPSA) is 44.1 Å². The molecule has 2 unspecified atom stereocenters. The van der Waals surface area contributed by atoms with E-state index in [4.69, 9.17) is 16.3 Å². The third-order valence-electron chi connectivity index (χ3n) is 3.04. The number of hydrogen-bond donors (Lipinski definition) is 0. The summed E-state index contributed by atoms with van der Waals surface area (Å²) in [5, 5.41) is 0.267. The lowest BCUT2D eigenvalue weighted by Gasteiger charge is -2.20. The molecule has 0 amide bonds. The van der Waals surface area contributed by atoms with Crippen LogP contribution in [0.3, 0.4) is 0 Å². The minimum atomic E-state index is -0.336. The van der Waals surface area contributed by atoms with E-state index >= 15 is 0 Å². The van der Waals surface area contributed by atoms with Gasteiger partial charge in [-0.2, -0.15) is 0 Å². The van der Waals surface area contributed by atoms with E-state index in [2.05, 4.69) is 4.98 Å². The van der Waals surface area contributed by atoms with Gasteiger partial charge in [-0.1, -0.05) is 12.1 Å². The Labute approximate surface area is 117 Å². The number of para-hydroxylation sites is 1. The first-order chi connectivity index (χ1) is 9.06. The maximum absolute atomic E-state index is 12.6. The van der Waals surface area contributed by atoms with Gasteiger partial charge in [0.2, 0.25) is 0 Å². The third kappa shape index (κ3) is 2.65. The zero-order valence-electron chi connectivity index (χ0n) is 11.3. The normalized spacial score (nSPS) is 14.5. The molecule has 102 valence electrons. The monoisotopic (exact) mass is 280 g/mol. The SMILES string of the molecule is COCC(C)n1c(C(C)Cl)nc2ccccc2c1=O. The molecule has 2 aromatic rings. The average Bonchev–Trinajstić information content (AvgIpc) is 2.38. The summed E-state index contributed by atoms with van der Waals surface area (Å²) >= 11 is 6.16. The summed E-state index contributed by atoms with van der Waals surface area (Å²) in [6.07, 6.45) is 0. The van der Waals surface area contributed by atoms with Gasteiger partial charge in [0, 0.05) is 7.11 Å². The molecule has 1 heterocycles. The summed E-state index contributed by atoms with van der Waals surface area (Å²) in [6.45, 7) is 4.18. The number of ether oxygens (including phenoxy) is 1. The first-order valence-corrected chi connectivity index (χ1v) is 6.64. The van der Waals surface area contributed by atoms with E-state index in [0.717, 1.165) is 0 Å². The smallest absolute Gasteiger partial charge is 0.261 e. The standard InChI is InChI=1S/C14H17ClN2O2/c1-9(8-19-3)17-13(10(2)15)16-12-7-5-4-6-11(12)14(17)18/h4-7,9-10H,8H2,1-3H3. The number of aromatic nitrogens is 2. The molecule has 0 saturated heterocycles. The van der Waals surface area contributed by atoms with Gasteiger partial charge in [0.15, 0.2) is 0 Å². The molecular formula is C14H17ClN2O2. The second kappa shape index (κ2) is 5.72. The van der Waals surface area contributed by atoms with Crippen molar-refractivity contribution in [3.8, 4) is 0 Å². The van der Waals surface area contributed by atoms with Crippen molar-refractivity contribution in [2.24, 2.45) is 0 Å². The molecule has 0 fully saturated rings. The number of nitrogens with zero attached hydrogens (tertiary/aromatic N) is 2. The number of methoxy groups -OCH3 is 1. The minimum absolute atomic E-state index is 0.0716. The third-order valence-corrected chi connectivity index (χ3v) is 3.23. The van der Waals surface area contributed by atoms with Crippen molar-refractivity contribution in [1.82, 2.24) is 9.55 Å². The Kier molecular flexibility index (Phi) is 4.22. The number of benzene rings is 1. The molecule has 4 nitrogen and oxygen atoms in total. The summed E-state index contributed by atoms with van der Waals surface area (Å²) in [5.74, 6) is 0.579. The second-order valence-corrected chi connectivity index (χ2v) is 5.24. The van der Waals surface area contributed by atoms with Crippen LogP contribution in [-0.2, 0) is 4.74 Å². The van der Waals surface area contributed by atoms with Crippen LogP contribution in [0.4, 0.5) is 0 Å². The number of rotatable bonds is 4. The van der Waals surface area contributed by atoms with Crippen molar-refractivity contribution >= 4 is 22.5 Å². The van der Waals surface area contributed by atoms with E-state index in [-0.39, 0.29) is 17.0 Å². The van der Waals surface area contributed by atoms with Crippen LogP contribution in [-0.4, -0.2) is 23.3 Å². The van der Waals surface area contributed by atoms with Crippen molar-refractivity contribution < 1.29 is 4.74 Å². The van der Waals surface area contributed by atoms with E-state index in [0.29, 0.717) is 23.3 Å². The molecule has 0 aliphatic heterocycles. The molecule has 19 heavy (non-hydrogen) atoms. The fraction of sp³-hybridized carbons (Fsp3) is 0.429. The largest absolute Gasteiger partial charge is 0.383 e. The van der Waals surface area contributed by atoms with Crippen LogP contribution in [0, 0.1) is 0 Å². The molecule has 5 heteroatoms. The molecule has 0 radical (unpaired) electrons. The fourth-order valence-electron chi connectivity index (χ4n) is 2.19. The maximum Gasteiger partial charge on any atom is 0.261 e. The van der Waals surface area contributed by atoms with Crippen molar-refractivity contribution in [3.63, 3.8) is 0 Å². The highest BCUT2D eigenvalue weighted by Gasteiger charge is 2.18. The van der Waals surface area contributed by atoms with Crippen molar-refractivity contribution in [1.29, 1.82) is 0 Å². The molecule has 1 aromatic heterocycles. The summed E-state index contributed by atoms with van der Waals surface area (Å²) in [4.78, 5) is 17.1. The molecule has 0 spiro atoms. The summed E-state index contributed by atoms with van der Waals surface area (Å²) in [6, 6.07) is 7.19. The fourth-order valence-corrected chi connectivity index (χ4v) is 2.34. The van der Waals surface area contributed by atoms with Crippen LogP contribution in [0.2, 0.25) is 0 Å². The van der Waals surface area contributed by atoms with Crippen LogP contribution >= 0.6 is 11.6 Å². The Morgan fingerprint density at radius 2 is 2.05 bits per heavy atom. The van der Waals surface area contributed by atoms with Crippen LogP contribution < -0.4 is 5.56 Å². The van der Waals surface area contributed by atoms with Crippen LogP contribution in [0.1, 0.15) is 31.1 Å². The van der Waals surface area contributed by atoms with Crippen LogP contribution in [0.5, 0.6) is 0 Å². The van der Waals surface area contributed by atoms with Crippen molar-refractivity contribution in [2.45, 2.75) is 25.3 Å². The molecule has 1 aromatic carbocycles. The average molecular weight is 281 g/mol. The maximum atomic E-state index is 12.6. The highest BCUT2D eigenvalue weighted by atomic mass is 35.5. The number of fused-ring (bicyclic) bond motifs is 1. The van der Waals surface area contributed by atoms with Gasteiger partial charge in [-0.3, -0.25) is 9.36 Å². The number of alkyl halides is 1. The Morgan fingerprint density at radius 1 is 1.37 bits per heavy atom. The van der Waals surface area contributed by atoms with Gasteiger partial charge < -0.3 is 4.74 Å². The molecule has 0 saturated carbocycles. The van der Waals surface area contributed by atoms with E-state index in [1.54, 1.807) is 17.7 Å². The molecule has 2 atom stereocenters. The lowest BCUT2D eigenvalue weighted by Crippen LogP contribution is -2.30. The van der Waals surface area contributed by atoms with Gasteiger partial charge in [-0.15, -0.1) is 11.6 Å². The molecule has 0 bridgehead atoms. The van der Waals surface area contributed by atoms with Gasteiger partial charge in [0.25, 0.3) is 5.56 Å². The highest BCUT2D eigenvalue weighted by Crippen LogP contribution is 2.21. The van der Waals surface area contributed by atoms with Gasteiger partial charge in [0.05, 0.1) is 28.9 Å². The van der Waals surface area contributed by atoms with Gasteiger partial charge >= 0.3 is 0 Å². The lowest BCUT2D eigenvalue weighted by atomic mass is 10.2. The quantitative estimate of drug-likeness (QED) is 0.809. The Bertz CT molecular complexity index is 637. The van der Waals surface area contributed by atoms with Crippen LogP contribution in [0.15, 0.2) is 29.1 Å². The highest BCUT2D eigenvalue weighted by molar-refractivity contribution is 6.20. The summed E-state index contributed by atoms with van der Waals surface area (Å²) < 4.78 is 6.76. The molecule has 2 rings (SSSR count). The van der Waals surface area contributed by atoms with E-state index in [1.165, 1.54) is 0 Å². The Morgan fingerprint density at radius 3 is 2.68 bits per heavy atom. The van der Waals surface area contributed by atoms with Gasteiger partial charge in [-0.05, 0) is 26.0 Å². The molecule has 0 aliphatic carbocycles. The zero-order chi connectivity index (χ0) is 14.0. The molecule has 0 N–H and O–H groups in total. The Hall–Kier alpha value is -1.39. The number of halogens is 1. The van der Waals surface area contributed by atoms with Crippen LogP contribution in [0.25, 0.3) is 10.9 Å². The van der Waals surface area contributed by atoms with Gasteiger partial charge in [-0.25, -0.2) is 4.98 Å². The number of hydrogen-bond acceptors (Lipinski definition) is 3. The summed E-state index contributed by atoms with van der Waals surface area (Å²) in [7, 11) is 1.61. The van der Waals surface area contributed by atoms with Gasteiger partial charge in [0.1, 0.15) is 5.82 Å².